The number of nitrogens with zero attached hydrogens (tertiary/aromatic N) is 1. The first-order valence-corrected chi connectivity index (χ1v) is 13.2. The molecule has 0 bridgehead atoms. The first-order valence-electron chi connectivity index (χ1n) is 12.4. The van der Waals surface area contributed by atoms with E-state index in [-0.39, 0.29) is 24.7 Å². The summed E-state index contributed by atoms with van der Waals surface area (Å²) in [5, 5.41) is 5.51. The molecule has 0 aliphatic carbocycles. The van der Waals surface area contributed by atoms with Gasteiger partial charge in [0.05, 0.1) is 0 Å². The van der Waals surface area contributed by atoms with Gasteiger partial charge in [0, 0.05) is 41.3 Å². The van der Waals surface area contributed by atoms with Gasteiger partial charge in [-0.15, -0.1) is 0 Å². The van der Waals surface area contributed by atoms with Gasteiger partial charge in [-0.25, -0.2) is 9.59 Å². The quantitative estimate of drug-likeness (QED) is 0.239. The second-order valence-corrected chi connectivity index (χ2v) is 10.5. The summed E-state index contributed by atoms with van der Waals surface area (Å²) in [6.45, 7) is 5.66. The molecule has 1 heterocycles. The molecule has 2 N–H and O–H groups in total. The maximum atomic E-state index is 13.0. The predicted octanol–water partition coefficient (Wildman–Crippen LogP) is 5.35. The second-order valence-electron chi connectivity index (χ2n) is 9.64. The maximum Gasteiger partial charge on any atom is 0.514 e. The number of hydrogen-bond acceptors (Lipinski definition) is 7. The second kappa shape index (κ2) is 14.3. The highest BCUT2D eigenvalue weighted by Crippen LogP contribution is 2.18. The normalized spacial score (nSPS) is 11.7. The van der Waals surface area contributed by atoms with Crippen molar-refractivity contribution in [2.75, 3.05) is 6.54 Å². The van der Waals surface area contributed by atoms with Crippen LogP contribution >= 0.6 is 15.9 Å². The summed E-state index contributed by atoms with van der Waals surface area (Å²) in [5.74, 6) is -0.0693. The van der Waals surface area contributed by atoms with Crippen molar-refractivity contribution in [1.82, 2.24) is 15.6 Å². The zero-order valence-corrected chi connectivity index (χ0v) is 23.7. The molecule has 0 fully saturated rings. The molecule has 3 aromatic rings. The number of benzene rings is 2. The molecule has 0 aliphatic heterocycles. The van der Waals surface area contributed by atoms with Crippen LogP contribution in [0.25, 0.3) is 0 Å². The lowest BCUT2D eigenvalue weighted by molar-refractivity contribution is -0.123. The molecule has 0 saturated heterocycles. The molecule has 2 amide bonds. The lowest BCUT2D eigenvalue weighted by atomic mass is 10.0. The Morgan fingerprint density at radius 3 is 2.36 bits per heavy atom. The lowest BCUT2D eigenvalue weighted by Gasteiger charge is -2.23. The summed E-state index contributed by atoms with van der Waals surface area (Å²) >= 11 is 3.41. The van der Waals surface area contributed by atoms with Crippen LogP contribution in [0, 0.1) is 0 Å². The van der Waals surface area contributed by atoms with Gasteiger partial charge >= 0.3 is 12.2 Å². The summed E-state index contributed by atoms with van der Waals surface area (Å²) in [6, 6.07) is 18.7. The van der Waals surface area contributed by atoms with Gasteiger partial charge in [-0.1, -0.05) is 52.3 Å². The first-order chi connectivity index (χ1) is 18.6. The van der Waals surface area contributed by atoms with Crippen LogP contribution in [-0.4, -0.2) is 41.3 Å². The van der Waals surface area contributed by atoms with Gasteiger partial charge < -0.3 is 24.8 Å². The van der Waals surface area contributed by atoms with Crippen LogP contribution in [0.5, 0.6) is 5.75 Å². The summed E-state index contributed by atoms with van der Waals surface area (Å²) in [4.78, 5) is 41.8. The number of aromatic nitrogens is 1. The van der Waals surface area contributed by atoms with Crippen molar-refractivity contribution in [3.8, 4) is 5.75 Å². The number of amides is 2. The van der Waals surface area contributed by atoms with Crippen molar-refractivity contribution in [1.29, 1.82) is 0 Å². The van der Waals surface area contributed by atoms with Crippen molar-refractivity contribution in [2.45, 2.75) is 51.9 Å². The van der Waals surface area contributed by atoms with E-state index in [4.69, 9.17) is 14.2 Å². The van der Waals surface area contributed by atoms with Gasteiger partial charge in [-0.3, -0.25) is 9.78 Å². The molecular formula is C29H32BrN3O6. The summed E-state index contributed by atoms with van der Waals surface area (Å²) < 4.78 is 16.6. The third kappa shape index (κ3) is 10.8. The smallest absolute Gasteiger partial charge is 0.444 e. The molecule has 0 unspecified atom stereocenters. The fraction of sp³-hybridized carbons (Fsp3) is 0.310. The highest BCUT2D eigenvalue weighted by molar-refractivity contribution is 9.10. The Morgan fingerprint density at radius 1 is 0.974 bits per heavy atom. The van der Waals surface area contributed by atoms with Crippen LogP contribution in [-0.2, 0) is 33.7 Å². The topological polar surface area (TPSA) is 116 Å². The monoisotopic (exact) mass is 597 g/mol. The molecule has 0 saturated carbocycles. The van der Waals surface area contributed by atoms with E-state index >= 15 is 0 Å². The van der Waals surface area contributed by atoms with E-state index in [2.05, 4.69) is 31.5 Å². The molecule has 3 rings (SSSR count). The summed E-state index contributed by atoms with van der Waals surface area (Å²) in [5.41, 5.74) is 1.69. The Kier molecular flexibility index (Phi) is 10.9. The van der Waals surface area contributed by atoms with E-state index in [1.165, 1.54) is 0 Å². The van der Waals surface area contributed by atoms with Gasteiger partial charge in [0.2, 0.25) is 5.91 Å². The van der Waals surface area contributed by atoms with Crippen molar-refractivity contribution < 1.29 is 28.6 Å². The number of ether oxygens (including phenoxy) is 3. The van der Waals surface area contributed by atoms with Crippen molar-refractivity contribution in [3.05, 3.63) is 94.2 Å². The molecule has 9 nitrogen and oxygen atoms in total. The predicted molar refractivity (Wildman–Crippen MR) is 149 cm³/mol. The zero-order valence-electron chi connectivity index (χ0n) is 22.1. The highest BCUT2D eigenvalue weighted by Gasteiger charge is 2.24. The Hall–Kier alpha value is -3.92. The molecule has 1 aromatic heterocycles. The SMILES string of the molecule is CC(C)(C)OC(=O)N[C@@H](Cc1ccc(OC(=O)OCc2ccccc2Br)cc1)C(=O)NCCc1ccccn1. The molecule has 206 valence electrons. The Balaban J connectivity index is 1.57. The zero-order chi connectivity index (χ0) is 28.3. The fourth-order valence-electron chi connectivity index (χ4n) is 3.45. The Bertz CT molecular complexity index is 1250. The molecule has 2 aromatic carbocycles. The number of hydrogen-bond donors (Lipinski definition) is 2. The number of rotatable bonds is 10. The summed E-state index contributed by atoms with van der Waals surface area (Å²) in [7, 11) is 0. The number of carbonyl (C=O) groups excluding carboxylic acids is 3. The third-order valence-corrected chi connectivity index (χ3v) is 6.06. The van der Waals surface area contributed by atoms with E-state index in [9.17, 15) is 14.4 Å². The minimum absolute atomic E-state index is 0.0613. The van der Waals surface area contributed by atoms with Gasteiger partial charge in [-0.05, 0) is 56.7 Å². The molecule has 0 aliphatic rings. The van der Waals surface area contributed by atoms with Crippen molar-refractivity contribution in [3.63, 3.8) is 0 Å². The minimum Gasteiger partial charge on any atom is -0.444 e. The Morgan fingerprint density at radius 2 is 1.69 bits per heavy atom. The van der Waals surface area contributed by atoms with Gasteiger partial charge in [0.1, 0.15) is 24.0 Å². The van der Waals surface area contributed by atoms with Gasteiger partial charge in [-0.2, -0.15) is 0 Å². The Labute approximate surface area is 236 Å². The standard InChI is InChI=1S/C29H32BrN3O6/c1-29(2,3)39-27(35)33-25(26(34)32-17-15-22-9-6-7-16-31-22)18-20-11-13-23(14-12-20)38-28(36)37-19-21-8-4-5-10-24(21)30/h4-14,16,25H,15,17-19H2,1-3H3,(H,32,34)(H,33,35)/t25-/m0/s1. The number of nitrogens with one attached hydrogen (secondary N) is 2. The van der Waals surface area contributed by atoms with Crippen LogP contribution in [0.3, 0.4) is 0 Å². The fourth-order valence-corrected chi connectivity index (χ4v) is 3.85. The number of halogens is 1. The van der Waals surface area contributed by atoms with E-state index in [0.717, 1.165) is 21.3 Å². The first kappa shape index (κ1) is 29.6. The van der Waals surface area contributed by atoms with Crippen LogP contribution < -0.4 is 15.4 Å². The average Bonchev–Trinajstić information content (AvgIpc) is 2.88. The van der Waals surface area contributed by atoms with Crippen LogP contribution in [0.2, 0.25) is 0 Å². The summed E-state index contributed by atoms with van der Waals surface area (Å²) in [6.07, 6.45) is 0.908. The molecular weight excluding hydrogens is 566 g/mol. The molecule has 1 atom stereocenters. The highest BCUT2D eigenvalue weighted by atomic mass is 79.9. The lowest BCUT2D eigenvalue weighted by Crippen LogP contribution is -2.49. The van der Waals surface area contributed by atoms with E-state index in [0.29, 0.717) is 13.0 Å². The molecule has 39 heavy (non-hydrogen) atoms. The third-order valence-electron chi connectivity index (χ3n) is 5.28. The maximum absolute atomic E-state index is 13.0. The number of carbonyl (C=O) groups is 3. The number of alkyl carbamates (subject to hydrolysis) is 1. The van der Waals surface area contributed by atoms with Crippen LogP contribution in [0.4, 0.5) is 9.59 Å². The molecule has 10 heteroatoms. The van der Waals surface area contributed by atoms with Crippen LogP contribution in [0.15, 0.2) is 77.4 Å². The van der Waals surface area contributed by atoms with Crippen molar-refractivity contribution in [2.24, 2.45) is 0 Å². The number of pyridine rings is 1. The largest absolute Gasteiger partial charge is 0.514 e. The van der Waals surface area contributed by atoms with E-state index in [1.54, 1.807) is 51.2 Å². The minimum atomic E-state index is -0.885. The van der Waals surface area contributed by atoms with Gasteiger partial charge in [0.15, 0.2) is 0 Å². The van der Waals surface area contributed by atoms with Crippen LogP contribution in [0.1, 0.15) is 37.6 Å². The molecule has 0 spiro atoms. The van der Waals surface area contributed by atoms with Crippen molar-refractivity contribution >= 4 is 34.1 Å². The van der Waals surface area contributed by atoms with E-state index < -0.39 is 23.9 Å². The average molecular weight is 598 g/mol. The van der Waals surface area contributed by atoms with Gasteiger partial charge in [0.25, 0.3) is 0 Å². The van der Waals surface area contributed by atoms with E-state index in [1.807, 2.05) is 42.5 Å². The molecule has 0 radical (unpaired) electrons.